The summed E-state index contributed by atoms with van der Waals surface area (Å²) in [6.45, 7) is 9.73. The molecule has 0 N–H and O–H groups in total. The van der Waals surface area contributed by atoms with Gasteiger partial charge in [0.2, 0.25) is 0 Å². The SMILES string of the molecule is CCCCN(CC)Cc1nc2cc(C)ccc2n1CC#N. The Kier molecular flexibility index (Phi) is 5.35. The van der Waals surface area contributed by atoms with Gasteiger partial charge in [-0.2, -0.15) is 5.26 Å². The van der Waals surface area contributed by atoms with E-state index in [9.17, 15) is 0 Å². The van der Waals surface area contributed by atoms with Crippen LogP contribution in [0.1, 0.15) is 38.1 Å². The molecule has 0 bridgehead atoms. The lowest BCUT2D eigenvalue weighted by Crippen LogP contribution is -2.25. The predicted molar refractivity (Wildman–Crippen MR) is 85.9 cm³/mol. The van der Waals surface area contributed by atoms with E-state index in [1.54, 1.807) is 0 Å². The maximum Gasteiger partial charge on any atom is 0.125 e. The van der Waals surface area contributed by atoms with Crippen molar-refractivity contribution in [3.8, 4) is 6.07 Å². The average Bonchev–Trinajstić information content (AvgIpc) is 2.80. The second-order valence-electron chi connectivity index (χ2n) is 5.49. The van der Waals surface area contributed by atoms with Gasteiger partial charge >= 0.3 is 0 Å². The van der Waals surface area contributed by atoms with Gasteiger partial charge in [0.15, 0.2) is 0 Å². The summed E-state index contributed by atoms with van der Waals surface area (Å²) < 4.78 is 2.05. The van der Waals surface area contributed by atoms with Crippen molar-refractivity contribution in [1.82, 2.24) is 14.5 Å². The number of nitriles is 1. The minimum Gasteiger partial charge on any atom is -0.313 e. The Morgan fingerprint density at radius 1 is 1.33 bits per heavy atom. The van der Waals surface area contributed by atoms with Crippen LogP contribution in [0.5, 0.6) is 0 Å². The van der Waals surface area contributed by atoms with Crippen molar-refractivity contribution in [1.29, 1.82) is 5.26 Å². The van der Waals surface area contributed by atoms with Crippen molar-refractivity contribution in [2.75, 3.05) is 13.1 Å². The van der Waals surface area contributed by atoms with Crippen molar-refractivity contribution in [3.05, 3.63) is 29.6 Å². The number of hydrogen-bond acceptors (Lipinski definition) is 3. The van der Waals surface area contributed by atoms with Gasteiger partial charge in [0.05, 0.1) is 23.6 Å². The minimum atomic E-state index is 0.361. The normalized spacial score (nSPS) is 11.2. The summed E-state index contributed by atoms with van der Waals surface area (Å²) in [6, 6.07) is 8.50. The van der Waals surface area contributed by atoms with Crippen LogP contribution in [-0.2, 0) is 13.1 Å². The molecule has 0 fully saturated rings. The Hall–Kier alpha value is -1.86. The molecule has 0 amide bonds. The highest BCUT2D eigenvalue weighted by Crippen LogP contribution is 2.19. The number of unbranched alkanes of at least 4 members (excludes halogenated alkanes) is 1. The van der Waals surface area contributed by atoms with Crippen LogP contribution in [0.25, 0.3) is 11.0 Å². The molecule has 1 aromatic heterocycles. The molecule has 1 aromatic carbocycles. The molecule has 0 saturated heterocycles. The van der Waals surface area contributed by atoms with Gasteiger partial charge in [-0.05, 0) is 44.1 Å². The van der Waals surface area contributed by atoms with E-state index in [0.29, 0.717) is 6.54 Å². The maximum atomic E-state index is 9.10. The van der Waals surface area contributed by atoms with Gasteiger partial charge in [-0.3, -0.25) is 4.90 Å². The Morgan fingerprint density at radius 3 is 2.81 bits per heavy atom. The molecule has 0 aliphatic carbocycles. The molecule has 0 aliphatic rings. The van der Waals surface area contributed by atoms with Crippen LogP contribution in [0.15, 0.2) is 18.2 Å². The van der Waals surface area contributed by atoms with Gasteiger partial charge in [0.25, 0.3) is 0 Å². The molecular weight excluding hydrogens is 260 g/mol. The smallest absolute Gasteiger partial charge is 0.125 e. The van der Waals surface area contributed by atoms with Crippen LogP contribution in [0, 0.1) is 18.3 Å². The molecule has 0 aliphatic heterocycles. The van der Waals surface area contributed by atoms with Gasteiger partial charge < -0.3 is 4.57 Å². The van der Waals surface area contributed by atoms with Gasteiger partial charge in [0.1, 0.15) is 12.4 Å². The molecule has 1 heterocycles. The van der Waals surface area contributed by atoms with Gasteiger partial charge in [-0.25, -0.2) is 4.98 Å². The number of nitrogens with zero attached hydrogens (tertiary/aromatic N) is 4. The van der Waals surface area contributed by atoms with E-state index >= 15 is 0 Å². The van der Waals surface area contributed by atoms with E-state index in [-0.39, 0.29) is 0 Å². The van der Waals surface area contributed by atoms with Crippen LogP contribution < -0.4 is 0 Å². The minimum absolute atomic E-state index is 0.361. The van der Waals surface area contributed by atoms with Crippen molar-refractivity contribution in [2.24, 2.45) is 0 Å². The number of fused-ring (bicyclic) bond motifs is 1. The number of hydrogen-bond donors (Lipinski definition) is 0. The zero-order chi connectivity index (χ0) is 15.2. The van der Waals surface area contributed by atoms with Gasteiger partial charge in [0, 0.05) is 0 Å². The molecule has 0 unspecified atom stereocenters. The quantitative estimate of drug-likeness (QED) is 0.781. The molecule has 2 aromatic rings. The molecule has 0 radical (unpaired) electrons. The number of aromatic nitrogens is 2. The molecule has 2 rings (SSSR count). The van der Waals surface area contributed by atoms with Crippen LogP contribution in [-0.4, -0.2) is 27.5 Å². The average molecular weight is 284 g/mol. The first-order chi connectivity index (χ1) is 10.2. The van der Waals surface area contributed by atoms with Crippen molar-refractivity contribution in [3.63, 3.8) is 0 Å². The maximum absolute atomic E-state index is 9.10. The molecule has 0 saturated carbocycles. The van der Waals surface area contributed by atoms with Gasteiger partial charge in [-0.1, -0.05) is 26.3 Å². The molecule has 0 spiro atoms. The number of benzene rings is 1. The second kappa shape index (κ2) is 7.24. The fourth-order valence-electron chi connectivity index (χ4n) is 2.59. The summed E-state index contributed by atoms with van der Waals surface area (Å²) in [4.78, 5) is 7.15. The van der Waals surface area contributed by atoms with Crippen LogP contribution in [0.4, 0.5) is 0 Å². The third kappa shape index (κ3) is 3.62. The third-order valence-corrected chi connectivity index (χ3v) is 3.85. The van der Waals surface area contributed by atoms with E-state index in [4.69, 9.17) is 10.2 Å². The fourth-order valence-corrected chi connectivity index (χ4v) is 2.59. The highest BCUT2D eigenvalue weighted by molar-refractivity contribution is 5.77. The summed E-state index contributed by atoms with van der Waals surface area (Å²) in [5.41, 5.74) is 3.25. The lowest BCUT2D eigenvalue weighted by molar-refractivity contribution is 0.266. The number of aryl methyl sites for hydroxylation is 1. The molecule has 112 valence electrons. The number of rotatable bonds is 7. The first-order valence-electron chi connectivity index (χ1n) is 7.74. The Bertz CT molecular complexity index is 636. The summed E-state index contributed by atoms with van der Waals surface area (Å²) in [5.74, 6) is 0.995. The van der Waals surface area contributed by atoms with Gasteiger partial charge in [-0.15, -0.1) is 0 Å². The highest BCUT2D eigenvalue weighted by atomic mass is 15.2. The third-order valence-electron chi connectivity index (χ3n) is 3.85. The van der Waals surface area contributed by atoms with Crippen LogP contribution in [0.2, 0.25) is 0 Å². The zero-order valence-electron chi connectivity index (χ0n) is 13.3. The van der Waals surface area contributed by atoms with Crippen molar-refractivity contribution in [2.45, 2.75) is 46.7 Å². The first kappa shape index (κ1) is 15.5. The number of imidazole rings is 1. The van der Waals surface area contributed by atoms with E-state index < -0.39 is 0 Å². The lowest BCUT2D eigenvalue weighted by Gasteiger charge is -2.19. The zero-order valence-corrected chi connectivity index (χ0v) is 13.3. The molecule has 4 nitrogen and oxygen atoms in total. The first-order valence-corrected chi connectivity index (χ1v) is 7.74. The molecule has 0 atom stereocenters. The van der Waals surface area contributed by atoms with E-state index in [1.165, 1.54) is 18.4 Å². The van der Waals surface area contributed by atoms with E-state index in [1.807, 2.05) is 4.57 Å². The highest BCUT2D eigenvalue weighted by Gasteiger charge is 2.13. The standard InChI is InChI=1S/C17H24N4/c1-4-6-10-20(5-2)13-17-19-15-12-14(3)7-8-16(15)21(17)11-9-18/h7-8,12H,4-6,10-11,13H2,1-3H3. The molecule has 21 heavy (non-hydrogen) atoms. The summed E-state index contributed by atoms with van der Waals surface area (Å²) >= 11 is 0. The Morgan fingerprint density at radius 2 is 2.14 bits per heavy atom. The van der Waals surface area contributed by atoms with E-state index in [2.05, 4.69) is 49.9 Å². The van der Waals surface area contributed by atoms with Crippen LogP contribution >= 0.6 is 0 Å². The summed E-state index contributed by atoms with van der Waals surface area (Å²) in [5, 5.41) is 9.10. The van der Waals surface area contributed by atoms with Crippen LogP contribution in [0.3, 0.4) is 0 Å². The van der Waals surface area contributed by atoms with E-state index in [0.717, 1.165) is 36.5 Å². The Labute approximate surface area is 127 Å². The largest absolute Gasteiger partial charge is 0.313 e. The lowest BCUT2D eigenvalue weighted by atomic mass is 10.2. The second-order valence-corrected chi connectivity index (χ2v) is 5.49. The monoisotopic (exact) mass is 284 g/mol. The predicted octanol–water partition coefficient (Wildman–Crippen LogP) is 3.49. The fraction of sp³-hybridized carbons (Fsp3) is 0.529. The Balaban J connectivity index is 2.33. The summed E-state index contributed by atoms with van der Waals surface area (Å²) in [7, 11) is 0. The molecule has 4 heteroatoms. The topological polar surface area (TPSA) is 44.9 Å². The van der Waals surface area contributed by atoms with Crippen molar-refractivity contribution < 1.29 is 0 Å². The van der Waals surface area contributed by atoms with Crippen molar-refractivity contribution >= 4 is 11.0 Å². The molecular formula is C17H24N4. The summed E-state index contributed by atoms with van der Waals surface area (Å²) in [6.07, 6.45) is 2.40.